The van der Waals surface area contributed by atoms with Gasteiger partial charge in [0, 0.05) is 28.2 Å². The highest BCUT2D eigenvalue weighted by molar-refractivity contribution is 5.96. The van der Waals surface area contributed by atoms with Crippen LogP contribution in [0.5, 0.6) is 0 Å². The summed E-state index contributed by atoms with van der Waals surface area (Å²) >= 11 is 0. The molecule has 5 heteroatoms. The SMILES string of the molecule is NC1(c2ccc(-c3nc4c5ccc(-c6ccc(F)cc6)cc5nn4cc3-c3ccccc3)cc2)CCC1. The summed E-state index contributed by atoms with van der Waals surface area (Å²) in [5.41, 5.74) is 15.2. The van der Waals surface area contributed by atoms with E-state index in [-0.39, 0.29) is 11.4 Å². The summed E-state index contributed by atoms with van der Waals surface area (Å²) in [6.07, 6.45) is 5.32. The number of halogens is 1. The smallest absolute Gasteiger partial charge is 0.163 e. The lowest BCUT2D eigenvalue weighted by atomic mass is 9.72. The second-order valence-corrected chi connectivity index (χ2v) is 9.96. The molecule has 0 unspecified atom stereocenters. The maximum atomic E-state index is 13.4. The van der Waals surface area contributed by atoms with Crippen molar-refractivity contribution >= 4 is 16.6 Å². The zero-order chi connectivity index (χ0) is 25.0. The molecule has 2 heterocycles. The van der Waals surface area contributed by atoms with Crippen molar-refractivity contribution in [1.82, 2.24) is 14.6 Å². The molecular formula is C32H25FN4. The highest BCUT2D eigenvalue weighted by Gasteiger charge is 2.34. The van der Waals surface area contributed by atoms with Crippen molar-refractivity contribution in [2.75, 3.05) is 0 Å². The lowest BCUT2D eigenvalue weighted by molar-refractivity contribution is 0.253. The number of fused-ring (bicyclic) bond motifs is 3. The third-order valence-corrected chi connectivity index (χ3v) is 7.64. The van der Waals surface area contributed by atoms with Gasteiger partial charge < -0.3 is 5.73 Å². The molecule has 37 heavy (non-hydrogen) atoms. The van der Waals surface area contributed by atoms with Gasteiger partial charge in [-0.3, -0.25) is 0 Å². The average molecular weight is 485 g/mol. The molecule has 7 rings (SSSR count). The van der Waals surface area contributed by atoms with Crippen LogP contribution in [0.15, 0.2) is 103 Å². The Kier molecular flexibility index (Phi) is 4.94. The number of nitrogens with zero attached hydrogens (tertiary/aromatic N) is 3. The molecule has 0 radical (unpaired) electrons. The van der Waals surface area contributed by atoms with Gasteiger partial charge in [0.25, 0.3) is 0 Å². The first-order chi connectivity index (χ1) is 18.1. The van der Waals surface area contributed by atoms with E-state index in [0.29, 0.717) is 0 Å². The monoisotopic (exact) mass is 484 g/mol. The molecule has 0 amide bonds. The molecule has 0 spiro atoms. The molecule has 0 aliphatic heterocycles. The fourth-order valence-electron chi connectivity index (χ4n) is 5.32. The normalized spacial score (nSPS) is 14.6. The lowest BCUT2D eigenvalue weighted by Crippen LogP contribution is -2.43. The number of benzene rings is 4. The van der Waals surface area contributed by atoms with Crippen molar-refractivity contribution in [1.29, 1.82) is 0 Å². The molecule has 0 saturated heterocycles. The minimum absolute atomic E-state index is 0.192. The number of hydrogen-bond acceptors (Lipinski definition) is 3. The van der Waals surface area contributed by atoms with E-state index >= 15 is 0 Å². The lowest BCUT2D eigenvalue weighted by Gasteiger charge is -2.38. The third-order valence-electron chi connectivity index (χ3n) is 7.64. The van der Waals surface area contributed by atoms with Crippen molar-refractivity contribution < 1.29 is 4.39 Å². The Bertz CT molecular complexity index is 1750. The molecule has 1 aliphatic carbocycles. The van der Waals surface area contributed by atoms with E-state index in [4.69, 9.17) is 15.8 Å². The van der Waals surface area contributed by atoms with Crippen molar-refractivity contribution in [3.63, 3.8) is 0 Å². The average Bonchev–Trinajstić information content (AvgIpc) is 3.29. The van der Waals surface area contributed by atoms with E-state index in [1.807, 2.05) is 40.9 Å². The summed E-state index contributed by atoms with van der Waals surface area (Å²) in [7, 11) is 0. The summed E-state index contributed by atoms with van der Waals surface area (Å²) in [6.45, 7) is 0. The standard InChI is InChI=1S/C32H25FN4/c33-26-14-9-21(10-15-26)24-11-16-27-29(19-24)36-37-20-28(22-5-2-1-3-6-22)30(35-31(27)37)23-7-12-25(13-8-23)32(34)17-4-18-32/h1-3,5-16,19-20H,4,17-18,34H2. The quantitative estimate of drug-likeness (QED) is 0.284. The zero-order valence-corrected chi connectivity index (χ0v) is 20.2. The van der Waals surface area contributed by atoms with Gasteiger partial charge in [-0.05, 0) is 65.8 Å². The van der Waals surface area contributed by atoms with Gasteiger partial charge in [0.1, 0.15) is 5.82 Å². The van der Waals surface area contributed by atoms with E-state index in [9.17, 15) is 4.39 Å². The van der Waals surface area contributed by atoms with E-state index in [2.05, 4.69) is 42.6 Å². The van der Waals surface area contributed by atoms with E-state index in [0.717, 1.165) is 62.9 Å². The number of aromatic nitrogens is 3. The predicted molar refractivity (Wildman–Crippen MR) is 146 cm³/mol. The predicted octanol–water partition coefficient (Wildman–Crippen LogP) is 7.36. The third kappa shape index (κ3) is 3.71. The van der Waals surface area contributed by atoms with Gasteiger partial charge in [0.05, 0.1) is 11.2 Å². The van der Waals surface area contributed by atoms with Crippen LogP contribution in [0.4, 0.5) is 4.39 Å². The second-order valence-electron chi connectivity index (χ2n) is 9.96. The van der Waals surface area contributed by atoms with Crippen molar-refractivity contribution in [3.8, 4) is 33.5 Å². The summed E-state index contributed by atoms with van der Waals surface area (Å²) in [6, 6.07) is 31.5. The first-order valence-electron chi connectivity index (χ1n) is 12.6. The van der Waals surface area contributed by atoms with Gasteiger partial charge in [-0.1, -0.05) is 72.8 Å². The van der Waals surface area contributed by atoms with Crippen molar-refractivity contribution in [2.24, 2.45) is 5.73 Å². The van der Waals surface area contributed by atoms with Crippen LogP contribution in [0.2, 0.25) is 0 Å². The van der Waals surface area contributed by atoms with E-state index < -0.39 is 0 Å². The first-order valence-corrected chi connectivity index (χ1v) is 12.6. The largest absolute Gasteiger partial charge is 0.321 e. The van der Waals surface area contributed by atoms with Gasteiger partial charge in [-0.25, -0.2) is 13.9 Å². The summed E-state index contributed by atoms with van der Waals surface area (Å²) in [4.78, 5) is 5.17. The Morgan fingerprint density at radius 2 is 1.46 bits per heavy atom. The van der Waals surface area contributed by atoms with Crippen LogP contribution in [0.3, 0.4) is 0 Å². The molecule has 6 aromatic rings. The minimum atomic E-state index is -0.245. The molecule has 4 nitrogen and oxygen atoms in total. The van der Waals surface area contributed by atoms with Crippen LogP contribution >= 0.6 is 0 Å². The van der Waals surface area contributed by atoms with Gasteiger partial charge in [0.15, 0.2) is 5.65 Å². The molecule has 4 aromatic carbocycles. The molecule has 2 N–H and O–H groups in total. The molecule has 2 aromatic heterocycles. The number of nitrogens with two attached hydrogens (primary N) is 1. The maximum absolute atomic E-state index is 13.4. The van der Waals surface area contributed by atoms with Crippen LogP contribution in [-0.2, 0) is 5.54 Å². The molecule has 1 saturated carbocycles. The Balaban J connectivity index is 1.40. The molecule has 0 bridgehead atoms. The fraction of sp³-hybridized carbons (Fsp3) is 0.125. The zero-order valence-electron chi connectivity index (χ0n) is 20.2. The highest BCUT2D eigenvalue weighted by Crippen LogP contribution is 2.40. The summed E-state index contributed by atoms with van der Waals surface area (Å²) in [5, 5.41) is 5.84. The molecule has 1 fully saturated rings. The van der Waals surface area contributed by atoms with Crippen LogP contribution < -0.4 is 5.73 Å². The van der Waals surface area contributed by atoms with E-state index in [1.54, 1.807) is 12.1 Å². The van der Waals surface area contributed by atoms with Gasteiger partial charge in [-0.2, -0.15) is 5.10 Å². The Hall–Kier alpha value is -4.35. The highest BCUT2D eigenvalue weighted by atomic mass is 19.1. The molecule has 180 valence electrons. The molecule has 1 aliphatic rings. The summed E-state index contributed by atoms with van der Waals surface area (Å²) in [5.74, 6) is -0.245. The van der Waals surface area contributed by atoms with Gasteiger partial charge in [0.2, 0.25) is 0 Å². The van der Waals surface area contributed by atoms with E-state index in [1.165, 1.54) is 24.1 Å². The minimum Gasteiger partial charge on any atom is -0.321 e. The van der Waals surface area contributed by atoms with Gasteiger partial charge in [-0.15, -0.1) is 0 Å². The molecular weight excluding hydrogens is 459 g/mol. The first kappa shape index (κ1) is 21.9. The topological polar surface area (TPSA) is 56.2 Å². The fourth-order valence-corrected chi connectivity index (χ4v) is 5.32. The number of hydrogen-bond donors (Lipinski definition) is 1. The van der Waals surface area contributed by atoms with Crippen LogP contribution in [0, 0.1) is 5.82 Å². The van der Waals surface area contributed by atoms with Crippen molar-refractivity contribution in [3.05, 3.63) is 115 Å². The van der Waals surface area contributed by atoms with Crippen LogP contribution in [0.1, 0.15) is 24.8 Å². The van der Waals surface area contributed by atoms with Crippen LogP contribution in [0.25, 0.3) is 50.1 Å². The Labute approximate surface area is 214 Å². The van der Waals surface area contributed by atoms with Crippen LogP contribution in [-0.4, -0.2) is 14.6 Å². The maximum Gasteiger partial charge on any atom is 0.163 e. The summed E-state index contributed by atoms with van der Waals surface area (Å²) < 4.78 is 15.3. The van der Waals surface area contributed by atoms with Gasteiger partial charge >= 0.3 is 0 Å². The second kappa shape index (κ2) is 8.36. The Morgan fingerprint density at radius 1 is 0.757 bits per heavy atom. The number of rotatable bonds is 4. The molecule has 0 atom stereocenters. The van der Waals surface area contributed by atoms with Crippen molar-refractivity contribution in [2.45, 2.75) is 24.8 Å². The Morgan fingerprint density at radius 3 is 2.16 bits per heavy atom.